The number of aromatic nitrogens is 1. The fourth-order valence-electron chi connectivity index (χ4n) is 3.99. The van der Waals surface area contributed by atoms with Gasteiger partial charge in [-0.05, 0) is 63.0 Å². The summed E-state index contributed by atoms with van der Waals surface area (Å²) in [6.45, 7) is 3.69. The predicted molar refractivity (Wildman–Crippen MR) is 119 cm³/mol. The van der Waals surface area contributed by atoms with E-state index in [1.165, 1.54) is 23.2 Å². The lowest BCUT2D eigenvalue weighted by molar-refractivity contribution is -0.171. The molecule has 0 saturated carbocycles. The van der Waals surface area contributed by atoms with Crippen molar-refractivity contribution < 1.29 is 18.6 Å². The van der Waals surface area contributed by atoms with Gasteiger partial charge >= 0.3 is 0 Å². The van der Waals surface area contributed by atoms with E-state index < -0.39 is 0 Å². The first-order valence-corrected chi connectivity index (χ1v) is 11.2. The summed E-state index contributed by atoms with van der Waals surface area (Å²) in [5, 5.41) is 1.27. The molecule has 3 aromatic rings. The minimum Gasteiger partial charge on any atom is -0.487 e. The van der Waals surface area contributed by atoms with E-state index >= 15 is 0 Å². The molecule has 0 N–H and O–H groups in total. The van der Waals surface area contributed by atoms with Gasteiger partial charge in [-0.15, -0.1) is 0 Å². The molecule has 1 aliphatic heterocycles. The van der Waals surface area contributed by atoms with Crippen molar-refractivity contribution >= 4 is 10.9 Å². The van der Waals surface area contributed by atoms with Crippen LogP contribution in [0.15, 0.2) is 58.1 Å². The Balaban J connectivity index is 1.18. The number of hydrogen-bond donors (Lipinski definition) is 0. The third-order valence-corrected chi connectivity index (χ3v) is 5.78. The predicted octanol–water partition coefficient (Wildman–Crippen LogP) is 5.45. The van der Waals surface area contributed by atoms with Crippen LogP contribution in [-0.4, -0.2) is 24.1 Å². The summed E-state index contributed by atoms with van der Waals surface area (Å²) in [4.78, 5) is 12.3. The van der Waals surface area contributed by atoms with Crippen molar-refractivity contribution in [3.05, 3.63) is 64.8 Å². The first-order chi connectivity index (χ1) is 15.2. The second kappa shape index (κ2) is 10.6. The summed E-state index contributed by atoms with van der Waals surface area (Å²) in [6.07, 6.45) is 9.34. The van der Waals surface area contributed by atoms with E-state index in [-0.39, 0.29) is 24.1 Å². The number of rotatable bonds is 10. The van der Waals surface area contributed by atoms with Gasteiger partial charge in [-0.25, -0.2) is 0 Å². The quantitative estimate of drug-likeness (QED) is 0.404. The van der Waals surface area contributed by atoms with Crippen molar-refractivity contribution in [1.82, 2.24) is 4.57 Å². The van der Waals surface area contributed by atoms with Crippen molar-refractivity contribution in [3.8, 4) is 5.75 Å². The Morgan fingerprint density at radius 3 is 2.94 bits per heavy atom. The SMILES string of the molecule is CC(CCCCOc1coc(COC2CCCCO2)cc1=O)n1ccc2ccccc21. The summed E-state index contributed by atoms with van der Waals surface area (Å²) >= 11 is 0. The molecule has 6 nitrogen and oxygen atoms in total. The van der Waals surface area contributed by atoms with Crippen LogP contribution in [0.1, 0.15) is 57.3 Å². The minimum atomic E-state index is -0.207. The zero-order valence-corrected chi connectivity index (χ0v) is 18.1. The minimum absolute atomic E-state index is 0.179. The van der Waals surface area contributed by atoms with Gasteiger partial charge in [-0.3, -0.25) is 4.79 Å². The molecule has 2 atom stereocenters. The molecule has 166 valence electrons. The highest BCUT2D eigenvalue weighted by atomic mass is 16.7. The normalized spacial score (nSPS) is 17.6. The molecule has 1 aromatic carbocycles. The van der Waals surface area contributed by atoms with Crippen LogP contribution in [0.3, 0.4) is 0 Å². The first-order valence-electron chi connectivity index (χ1n) is 11.2. The number of para-hydroxylation sites is 1. The van der Waals surface area contributed by atoms with Crippen LogP contribution in [0.5, 0.6) is 5.75 Å². The van der Waals surface area contributed by atoms with Crippen molar-refractivity contribution in [1.29, 1.82) is 0 Å². The van der Waals surface area contributed by atoms with Crippen LogP contribution in [0.4, 0.5) is 0 Å². The van der Waals surface area contributed by atoms with Gasteiger partial charge < -0.3 is 23.2 Å². The molecule has 4 rings (SSSR count). The summed E-state index contributed by atoms with van der Waals surface area (Å²) < 4.78 is 24.7. The molecule has 0 aliphatic carbocycles. The molecule has 31 heavy (non-hydrogen) atoms. The summed E-state index contributed by atoms with van der Waals surface area (Å²) in [7, 11) is 0. The highest BCUT2D eigenvalue weighted by Crippen LogP contribution is 2.23. The fourth-order valence-corrected chi connectivity index (χ4v) is 3.99. The number of nitrogens with zero attached hydrogens (tertiary/aromatic N) is 1. The molecular formula is C25H31NO5. The number of fused-ring (bicyclic) bond motifs is 1. The van der Waals surface area contributed by atoms with E-state index in [0.717, 1.165) is 45.1 Å². The maximum Gasteiger partial charge on any atom is 0.227 e. The van der Waals surface area contributed by atoms with Crippen LogP contribution in [0.25, 0.3) is 10.9 Å². The lowest BCUT2D eigenvalue weighted by Gasteiger charge is -2.22. The Bertz CT molecular complexity index is 1020. The van der Waals surface area contributed by atoms with Gasteiger partial charge in [-0.1, -0.05) is 18.2 Å². The molecule has 0 spiro atoms. The topological polar surface area (TPSA) is 62.8 Å². The number of benzene rings is 1. The summed E-state index contributed by atoms with van der Waals surface area (Å²) in [5.74, 6) is 0.737. The highest BCUT2D eigenvalue weighted by Gasteiger charge is 2.15. The van der Waals surface area contributed by atoms with Gasteiger partial charge in [0.2, 0.25) is 11.2 Å². The molecule has 1 aliphatic rings. The molecule has 0 amide bonds. The van der Waals surface area contributed by atoms with Crippen LogP contribution in [0, 0.1) is 0 Å². The van der Waals surface area contributed by atoms with Crippen molar-refractivity contribution in [2.24, 2.45) is 0 Å². The molecule has 1 saturated heterocycles. The van der Waals surface area contributed by atoms with E-state index in [1.54, 1.807) is 0 Å². The molecule has 2 aromatic heterocycles. The van der Waals surface area contributed by atoms with Crippen LogP contribution in [0.2, 0.25) is 0 Å². The van der Waals surface area contributed by atoms with E-state index in [9.17, 15) is 4.79 Å². The van der Waals surface area contributed by atoms with Gasteiger partial charge in [0.05, 0.1) is 6.61 Å². The van der Waals surface area contributed by atoms with Gasteiger partial charge in [-0.2, -0.15) is 0 Å². The first kappa shape index (κ1) is 21.7. The Morgan fingerprint density at radius 1 is 1.19 bits per heavy atom. The van der Waals surface area contributed by atoms with Gasteiger partial charge in [0, 0.05) is 30.4 Å². The second-order valence-electron chi connectivity index (χ2n) is 8.16. The van der Waals surface area contributed by atoms with Crippen LogP contribution < -0.4 is 10.2 Å². The Morgan fingerprint density at radius 2 is 2.10 bits per heavy atom. The van der Waals surface area contributed by atoms with Crippen molar-refractivity contribution in [2.45, 2.75) is 64.4 Å². The van der Waals surface area contributed by atoms with E-state index in [1.807, 2.05) is 0 Å². The second-order valence-corrected chi connectivity index (χ2v) is 8.16. The summed E-state index contributed by atoms with van der Waals surface area (Å²) in [5.41, 5.74) is 1.09. The molecular weight excluding hydrogens is 394 g/mol. The largest absolute Gasteiger partial charge is 0.487 e. The molecule has 0 bridgehead atoms. The lowest BCUT2D eigenvalue weighted by atomic mass is 10.1. The standard InChI is InChI=1S/C25H31NO5/c1-19(26-13-12-20-9-2-3-10-22(20)26)8-4-6-14-28-24-18-30-21(16-23(24)27)17-31-25-11-5-7-15-29-25/h2-3,9-10,12-13,16,18-19,25H,4-8,11,14-15,17H2,1H3. The summed E-state index contributed by atoms with van der Waals surface area (Å²) in [6, 6.07) is 12.5. The van der Waals surface area contributed by atoms with Gasteiger partial charge in [0.1, 0.15) is 18.6 Å². The third kappa shape index (κ3) is 5.77. The molecule has 6 heteroatoms. The number of hydrogen-bond acceptors (Lipinski definition) is 5. The van der Waals surface area contributed by atoms with Gasteiger partial charge in [0.15, 0.2) is 6.29 Å². The van der Waals surface area contributed by atoms with Gasteiger partial charge in [0.25, 0.3) is 0 Å². The molecule has 1 fully saturated rings. The monoisotopic (exact) mass is 425 g/mol. The average molecular weight is 426 g/mol. The number of unbranched alkanes of at least 4 members (excludes halogenated alkanes) is 1. The van der Waals surface area contributed by atoms with Crippen molar-refractivity contribution in [2.75, 3.05) is 13.2 Å². The number of ether oxygens (including phenoxy) is 3. The van der Waals surface area contributed by atoms with E-state index in [4.69, 9.17) is 18.6 Å². The third-order valence-electron chi connectivity index (χ3n) is 5.78. The average Bonchev–Trinajstić information content (AvgIpc) is 3.23. The van der Waals surface area contributed by atoms with Crippen LogP contribution >= 0.6 is 0 Å². The molecule has 2 unspecified atom stereocenters. The smallest absolute Gasteiger partial charge is 0.227 e. The lowest BCUT2D eigenvalue weighted by Crippen LogP contribution is -2.22. The van der Waals surface area contributed by atoms with E-state index in [0.29, 0.717) is 18.4 Å². The highest BCUT2D eigenvalue weighted by molar-refractivity contribution is 5.80. The van der Waals surface area contributed by atoms with Crippen LogP contribution in [-0.2, 0) is 16.1 Å². The Hall–Kier alpha value is -2.57. The zero-order valence-electron chi connectivity index (χ0n) is 18.1. The molecule has 0 radical (unpaired) electrons. The maximum atomic E-state index is 12.3. The fraction of sp³-hybridized carbons (Fsp3) is 0.480. The maximum absolute atomic E-state index is 12.3. The Kier molecular flexibility index (Phi) is 7.43. The Labute approximate surface area is 182 Å². The zero-order chi connectivity index (χ0) is 21.5. The molecule has 3 heterocycles. The van der Waals surface area contributed by atoms with E-state index in [2.05, 4.69) is 48.0 Å². The van der Waals surface area contributed by atoms with Crippen molar-refractivity contribution in [3.63, 3.8) is 0 Å².